The molecule has 0 spiro atoms. The second-order valence-electron chi connectivity index (χ2n) is 8.32. The van der Waals surface area contributed by atoms with E-state index in [0.29, 0.717) is 29.9 Å². The van der Waals surface area contributed by atoms with Crippen LogP contribution in [0.4, 0.5) is 0 Å². The van der Waals surface area contributed by atoms with Gasteiger partial charge in [-0.2, -0.15) is 0 Å². The average Bonchev–Trinajstić information content (AvgIpc) is 2.99. The lowest BCUT2D eigenvalue weighted by Crippen LogP contribution is -2.41. The third-order valence-corrected chi connectivity index (χ3v) is 6.81. The highest BCUT2D eigenvalue weighted by Crippen LogP contribution is 2.57. The van der Waals surface area contributed by atoms with Gasteiger partial charge in [0.1, 0.15) is 0 Å². The Labute approximate surface area is 157 Å². The first-order chi connectivity index (χ1) is 12.5. The summed E-state index contributed by atoms with van der Waals surface area (Å²) in [6.07, 6.45) is 10.1. The van der Waals surface area contributed by atoms with E-state index in [1.807, 2.05) is 31.2 Å². The molecule has 0 amide bonds. The number of benzene rings is 1. The van der Waals surface area contributed by atoms with Gasteiger partial charge in [-0.3, -0.25) is 0 Å². The summed E-state index contributed by atoms with van der Waals surface area (Å²) in [6.45, 7) is 6.92. The van der Waals surface area contributed by atoms with E-state index in [4.69, 9.17) is 4.74 Å². The normalized spacial score (nSPS) is 32.4. The number of hydrogen-bond acceptors (Lipinski definition) is 3. The van der Waals surface area contributed by atoms with Crippen LogP contribution in [0.1, 0.15) is 68.8 Å². The second-order valence-corrected chi connectivity index (χ2v) is 8.32. The van der Waals surface area contributed by atoms with E-state index < -0.39 is 0 Å². The number of fused-ring (bicyclic) bond motifs is 1. The van der Waals surface area contributed by atoms with Crippen LogP contribution < -0.4 is 0 Å². The van der Waals surface area contributed by atoms with Crippen molar-refractivity contribution in [3.05, 3.63) is 41.5 Å². The monoisotopic (exact) mass is 356 g/mol. The third kappa shape index (κ3) is 3.73. The summed E-state index contributed by atoms with van der Waals surface area (Å²) in [6, 6.07) is 7.59. The lowest BCUT2D eigenvalue weighted by atomic mass is 9.62. The van der Waals surface area contributed by atoms with Crippen molar-refractivity contribution in [1.82, 2.24) is 0 Å². The summed E-state index contributed by atoms with van der Waals surface area (Å²) >= 11 is 0. The molecule has 2 aliphatic carbocycles. The van der Waals surface area contributed by atoms with Gasteiger partial charge in [0.25, 0.3) is 0 Å². The van der Waals surface area contributed by atoms with Crippen LogP contribution in [-0.4, -0.2) is 23.8 Å². The number of allylic oxidation sites excluding steroid dienone is 1. The molecule has 142 valence electrons. The van der Waals surface area contributed by atoms with Crippen molar-refractivity contribution in [2.45, 2.75) is 59.0 Å². The molecule has 1 aromatic carbocycles. The number of aliphatic hydroxyl groups excluding tert-OH is 1. The number of carbonyl (C=O) groups excluding carboxylic acids is 1. The molecule has 0 radical (unpaired) electrons. The second kappa shape index (κ2) is 7.96. The van der Waals surface area contributed by atoms with E-state index in [2.05, 4.69) is 26.0 Å². The van der Waals surface area contributed by atoms with Gasteiger partial charge in [-0.1, -0.05) is 44.6 Å². The summed E-state index contributed by atoms with van der Waals surface area (Å²) in [5, 5.41) is 10.4. The van der Waals surface area contributed by atoms with E-state index in [0.717, 1.165) is 24.8 Å². The Bertz CT molecular complexity index is 648. The zero-order valence-corrected chi connectivity index (χ0v) is 16.3. The Morgan fingerprint density at radius 3 is 2.73 bits per heavy atom. The highest BCUT2D eigenvalue weighted by atomic mass is 16.5. The van der Waals surface area contributed by atoms with E-state index >= 15 is 0 Å². The molecule has 1 aromatic rings. The molecule has 0 unspecified atom stereocenters. The van der Waals surface area contributed by atoms with E-state index in [1.165, 1.54) is 12.8 Å². The molecule has 0 bridgehead atoms. The van der Waals surface area contributed by atoms with Crippen LogP contribution >= 0.6 is 0 Å². The first-order valence-electron chi connectivity index (χ1n) is 10.1. The number of rotatable bonds is 5. The fourth-order valence-electron chi connectivity index (χ4n) is 5.39. The summed E-state index contributed by atoms with van der Waals surface area (Å²) < 4.78 is 5.03. The molecule has 0 aliphatic heterocycles. The standard InChI is InChI=1S/C23H32O3/c1-4-26-22(25)18-11-9-17(10-12-18)8-7-16(2)19-13-14-20-21(24)6-5-15-23(19,20)3/h7-12,16,19-21,24H,4-6,13-15H2,1-3H3/t16-,19-,20+,21+,23-/m1/s1. The van der Waals surface area contributed by atoms with Crippen LogP contribution in [0.25, 0.3) is 6.08 Å². The number of hydrogen-bond donors (Lipinski definition) is 1. The molecule has 0 aromatic heterocycles. The molecule has 0 saturated heterocycles. The predicted octanol–water partition coefficient (Wildman–Crippen LogP) is 5.09. The smallest absolute Gasteiger partial charge is 0.338 e. The Hall–Kier alpha value is -1.61. The maximum atomic E-state index is 11.7. The van der Waals surface area contributed by atoms with Crippen molar-refractivity contribution < 1.29 is 14.6 Å². The molecular formula is C23H32O3. The molecule has 2 fully saturated rings. The molecule has 3 rings (SSSR count). The van der Waals surface area contributed by atoms with E-state index in [1.54, 1.807) is 0 Å². The molecule has 3 nitrogen and oxygen atoms in total. The van der Waals surface area contributed by atoms with Gasteiger partial charge < -0.3 is 9.84 Å². The number of ether oxygens (including phenoxy) is 1. The summed E-state index contributed by atoms with van der Waals surface area (Å²) in [7, 11) is 0. The average molecular weight is 357 g/mol. The molecular weight excluding hydrogens is 324 g/mol. The summed E-state index contributed by atoms with van der Waals surface area (Å²) in [4.78, 5) is 11.7. The van der Waals surface area contributed by atoms with Crippen molar-refractivity contribution in [3.63, 3.8) is 0 Å². The number of carbonyl (C=O) groups is 1. The number of esters is 1. The number of aliphatic hydroxyl groups is 1. The minimum atomic E-state index is -0.267. The van der Waals surface area contributed by atoms with Gasteiger partial charge in [0, 0.05) is 0 Å². The zero-order chi connectivity index (χ0) is 18.7. The maximum Gasteiger partial charge on any atom is 0.338 e. The highest BCUT2D eigenvalue weighted by molar-refractivity contribution is 5.89. The molecule has 5 atom stereocenters. The van der Waals surface area contributed by atoms with Crippen LogP contribution in [-0.2, 0) is 4.74 Å². The van der Waals surface area contributed by atoms with Gasteiger partial charge in [-0.25, -0.2) is 4.79 Å². The van der Waals surface area contributed by atoms with Crippen LogP contribution in [0, 0.1) is 23.2 Å². The van der Waals surface area contributed by atoms with Gasteiger partial charge in [0.05, 0.1) is 18.3 Å². The van der Waals surface area contributed by atoms with Crippen molar-refractivity contribution in [3.8, 4) is 0 Å². The van der Waals surface area contributed by atoms with E-state index in [-0.39, 0.29) is 17.5 Å². The predicted molar refractivity (Wildman–Crippen MR) is 105 cm³/mol. The minimum Gasteiger partial charge on any atom is -0.462 e. The minimum absolute atomic E-state index is 0.106. The quantitative estimate of drug-likeness (QED) is 0.748. The Kier molecular flexibility index (Phi) is 5.86. The van der Waals surface area contributed by atoms with Gasteiger partial charge in [-0.05, 0) is 73.5 Å². The van der Waals surface area contributed by atoms with Crippen LogP contribution in [0.2, 0.25) is 0 Å². The summed E-state index contributed by atoms with van der Waals surface area (Å²) in [5.41, 5.74) is 1.97. The van der Waals surface area contributed by atoms with Crippen molar-refractivity contribution in [1.29, 1.82) is 0 Å². The molecule has 26 heavy (non-hydrogen) atoms. The fourth-order valence-corrected chi connectivity index (χ4v) is 5.39. The largest absolute Gasteiger partial charge is 0.462 e. The fraction of sp³-hybridized carbons (Fsp3) is 0.609. The van der Waals surface area contributed by atoms with E-state index in [9.17, 15) is 9.90 Å². The molecule has 0 heterocycles. The maximum absolute atomic E-state index is 11.7. The molecule has 1 N–H and O–H groups in total. The molecule has 3 heteroatoms. The van der Waals surface area contributed by atoms with Crippen LogP contribution in [0.15, 0.2) is 30.3 Å². The van der Waals surface area contributed by atoms with Crippen molar-refractivity contribution in [2.24, 2.45) is 23.2 Å². The molecule has 2 saturated carbocycles. The van der Waals surface area contributed by atoms with Gasteiger partial charge >= 0.3 is 5.97 Å². The van der Waals surface area contributed by atoms with Gasteiger partial charge in [0.2, 0.25) is 0 Å². The SMILES string of the molecule is CCOC(=O)c1ccc(C=C[C@@H](C)[C@H]2CC[C@H]3[C@@H](O)CCC[C@]23C)cc1. The Morgan fingerprint density at radius 1 is 1.31 bits per heavy atom. The Morgan fingerprint density at radius 2 is 2.04 bits per heavy atom. The first kappa shape index (κ1) is 19.2. The van der Waals surface area contributed by atoms with Crippen molar-refractivity contribution >= 4 is 12.0 Å². The lowest BCUT2D eigenvalue weighted by Gasteiger charge is -2.44. The lowest BCUT2D eigenvalue weighted by molar-refractivity contribution is -0.0230. The van der Waals surface area contributed by atoms with Gasteiger partial charge in [0.15, 0.2) is 0 Å². The zero-order valence-electron chi connectivity index (χ0n) is 16.3. The third-order valence-electron chi connectivity index (χ3n) is 6.81. The van der Waals surface area contributed by atoms with Gasteiger partial charge in [-0.15, -0.1) is 0 Å². The Balaban J connectivity index is 1.66. The van der Waals surface area contributed by atoms with Crippen LogP contribution in [0.3, 0.4) is 0 Å². The molecule has 2 aliphatic rings. The topological polar surface area (TPSA) is 46.5 Å². The summed E-state index contributed by atoms with van der Waals surface area (Å²) in [5.74, 6) is 1.33. The van der Waals surface area contributed by atoms with Crippen molar-refractivity contribution in [2.75, 3.05) is 6.61 Å². The highest BCUT2D eigenvalue weighted by Gasteiger charge is 2.51. The first-order valence-corrected chi connectivity index (χ1v) is 10.1. The van der Waals surface area contributed by atoms with Crippen LogP contribution in [0.5, 0.6) is 0 Å².